The van der Waals surface area contributed by atoms with Gasteiger partial charge in [0.15, 0.2) is 0 Å². The van der Waals surface area contributed by atoms with Crippen LogP contribution in [0.25, 0.3) is 9.88 Å². The first-order valence-corrected chi connectivity index (χ1v) is 10.6. The Kier molecular flexibility index (Phi) is 4.96. The van der Waals surface area contributed by atoms with Crippen molar-refractivity contribution in [2.75, 3.05) is 26.2 Å². The fraction of sp³-hybridized carbons (Fsp3) is 0.556. The molecular formula is C18H23N3OS2. The molecule has 2 aromatic rings. The molecule has 0 N–H and O–H groups in total. The van der Waals surface area contributed by atoms with E-state index >= 15 is 0 Å². The van der Waals surface area contributed by atoms with Gasteiger partial charge in [0.05, 0.1) is 17.0 Å². The number of hydrogen-bond acceptors (Lipinski definition) is 5. The van der Waals surface area contributed by atoms with Crippen LogP contribution in [0.5, 0.6) is 0 Å². The van der Waals surface area contributed by atoms with E-state index in [1.807, 2.05) is 16.3 Å². The molecule has 6 heteroatoms. The van der Waals surface area contributed by atoms with Crippen LogP contribution in [0.2, 0.25) is 0 Å². The van der Waals surface area contributed by atoms with E-state index in [0.717, 1.165) is 42.9 Å². The second kappa shape index (κ2) is 7.33. The molecule has 0 spiro atoms. The van der Waals surface area contributed by atoms with Gasteiger partial charge in [0, 0.05) is 37.6 Å². The minimum absolute atomic E-state index is 0.226. The summed E-state index contributed by atoms with van der Waals surface area (Å²) in [5, 5.41) is 5.12. The summed E-state index contributed by atoms with van der Waals surface area (Å²) in [5.41, 5.74) is 0.909. The summed E-state index contributed by atoms with van der Waals surface area (Å²) >= 11 is 3.33. The average molecular weight is 362 g/mol. The Morgan fingerprint density at radius 1 is 1.17 bits per heavy atom. The van der Waals surface area contributed by atoms with Gasteiger partial charge in [0.2, 0.25) is 5.91 Å². The second-order valence-electron chi connectivity index (χ2n) is 6.65. The van der Waals surface area contributed by atoms with E-state index in [0.29, 0.717) is 6.42 Å². The van der Waals surface area contributed by atoms with E-state index in [4.69, 9.17) is 0 Å². The summed E-state index contributed by atoms with van der Waals surface area (Å²) in [6, 6.07) is 4.89. The summed E-state index contributed by atoms with van der Waals surface area (Å²) in [4.78, 5) is 23.0. The van der Waals surface area contributed by atoms with Crippen LogP contribution in [-0.4, -0.2) is 52.9 Å². The summed E-state index contributed by atoms with van der Waals surface area (Å²) < 4.78 is 0. The lowest BCUT2D eigenvalue weighted by atomic mass is 10.1. The van der Waals surface area contributed by atoms with Crippen molar-refractivity contribution in [3.63, 3.8) is 0 Å². The Bertz CT molecular complexity index is 668. The van der Waals surface area contributed by atoms with Crippen molar-refractivity contribution in [1.29, 1.82) is 0 Å². The molecule has 1 aliphatic carbocycles. The van der Waals surface area contributed by atoms with Crippen molar-refractivity contribution >= 4 is 28.6 Å². The molecule has 2 aromatic heterocycles. The monoisotopic (exact) mass is 361 g/mol. The Morgan fingerprint density at radius 2 is 1.96 bits per heavy atom. The van der Waals surface area contributed by atoms with Gasteiger partial charge in [-0.1, -0.05) is 18.9 Å². The number of hydrogen-bond donors (Lipinski definition) is 0. The van der Waals surface area contributed by atoms with Crippen LogP contribution in [0.1, 0.15) is 31.4 Å². The van der Waals surface area contributed by atoms with Crippen molar-refractivity contribution in [2.45, 2.75) is 38.1 Å². The highest BCUT2D eigenvalue weighted by molar-refractivity contribution is 7.20. The van der Waals surface area contributed by atoms with E-state index in [1.165, 1.54) is 30.6 Å². The first kappa shape index (κ1) is 16.2. The highest BCUT2D eigenvalue weighted by atomic mass is 32.1. The van der Waals surface area contributed by atoms with Crippen LogP contribution in [-0.2, 0) is 11.2 Å². The molecule has 1 saturated carbocycles. The third-order valence-corrected chi connectivity index (χ3v) is 7.05. The van der Waals surface area contributed by atoms with Crippen LogP contribution in [0.15, 0.2) is 22.9 Å². The number of carbonyl (C=O) groups is 1. The van der Waals surface area contributed by atoms with Gasteiger partial charge in [0.25, 0.3) is 0 Å². The lowest BCUT2D eigenvalue weighted by Crippen LogP contribution is -2.51. The van der Waals surface area contributed by atoms with Gasteiger partial charge in [-0.2, -0.15) is 0 Å². The summed E-state index contributed by atoms with van der Waals surface area (Å²) in [5.74, 6) is 0.226. The maximum absolute atomic E-state index is 12.6. The van der Waals surface area contributed by atoms with Crippen LogP contribution in [0.3, 0.4) is 0 Å². The normalized spacial score (nSPS) is 19.9. The van der Waals surface area contributed by atoms with E-state index in [1.54, 1.807) is 22.7 Å². The smallest absolute Gasteiger partial charge is 0.228 e. The van der Waals surface area contributed by atoms with Crippen molar-refractivity contribution in [3.05, 3.63) is 28.6 Å². The van der Waals surface area contributed by atoms with Crippen LogP contribution >= 0.6 is 22.7 Å². The zero-order valence-corrected chi connectivity index (χ0v) is 15.5. The third-order valence-electron chi connectivity index (χ3n) is 5.12. The largest absolute Gasteiger partial charge is 0.340 e. The van der Waals surface area contributed by atoms with E-state index in [-0.39, 0.29) is 5.91 Å². The number of aromatic nitrogens is 1. The molecule has 0 radical (unpaired) electrons. The van der Waals surface area contributed by atoms with Gasteiger partial charge >= 0.3 is 0 Å². The molecule has 24 heavy (non-hydrogen) atoms. The number of piperazine rings is 1. The maximum atomic E-state index is 12.6. The van der Waals surface area contributed by atoms with Crippen molar-refractivity contribution in [2.24, 2.45) is 0 Å². The predicted octanol–water partition coefficient (Wildman–Crippen LogP) is 3.50. The minimum atomic E-state index is 0.226. The number of thiazole rings is 1. The molecule has 3 heterocycles. The SMILES string of the molecule is O=C(Cc1csc(-c2cccs2)n1)N1CCN(C2CCCC2)CC1. The highest BCUT2D eigenvalue weighted by Crippen LogP contribution is 2.28. The fourth-order valence-electron chi connectivity index (χ4n) is 3.77. The molecule has 2 aliphatic rings. The molecule has 4 nitrogen and oxygen atoms in total. The van der Waals surface area contributed by atoms with Crippen LogP contribution < -0.4 is 0 Å². The third kappa shape index (κ3) is 3.55. The van der Waals surface area contributed by atoms with Crippen molar-refractivity contribution in [3.8, 4) is 9.88 Å². The van der Waals surface area contributed by atoms with Gasteiger partial charge in [0.1, 0.15) is 5.01 Å². The first-order valence-electron chi connectivity index (χ1n) is 8.80. The lowest BCUT2D eigenvalue weighted by Gasteiger charge is -2.38. The number of carbonyl (C=O) groups excluding carboxylic acids is 1. The molecule has 0 bridgehead atoms. The highest BCUT2D eigenvalue weighted by Gasteiger charge is 2.28. The van der Waals surface area contributed by atoms with Crippen LogP contribution in [0.4, 0.5) is 0 Å². The van der Waals surface area contributed by atoms with E-state index < -0.39 is 0 Å². The number of thiophene rings is 1. The van der Waals surface area contributed by atoms with E-state index in [2.05, 4.69) is 21.3 Å². The average Bonchev–Trinajstić information content (AvgIpc) is 3.36. The summed E-state index contributed by atoms with van der Waals surface area (Å²) in [6.07, 6.45) is 5.88. The Balaban J connectivity index is 1.30. The molecule has 2 fully saturated rings. The van der Waals surface area contributed by atoms with Gasteiger partial charge in [-0.25, -0.2) is 4.98 Å². The predicted molar refractivity (Wildman–Crippen MR) is 99.5 cm³/mol. The standard InChI is InChI=1S/C18H23N3OS2/c22-17(12-14-13-24-18(19-14)16-6-3-11-23-16)21-9-7-20(8-10-21)15-4-1-2-5-15/h3,6,11,13,15H,1-2,4-5,7-10,12H2. The minimum Gasteiger partial charge on any atom is -0.340 e. The van der Waals surface area contributed by atoms with Crippen molar-refractivity contribution in [1.82, 2.24) is 14.8 Å². The molecular weight excluding hydrogens is 338 g/mol. The Labute approximate surface area is 151 Å². The fourth-order valence-corrected chi connectivity index (χ4v) is 5.41. The molecule has 1 saturated heterocycles. The van der Waals surface area contributed by atoms with Gasteiger partial charge in [-0.15, -0.1) is 22.7 Å². The first-order chi connectivity index (χ1) is 11.8. The lowest BCUT2D eigenvalue weighted by molar-refractivity contribution is -0.132. The van der Waals surface area contributed by atoms with Crippen LogP contribution in [0, 0.1) is 0 Å². The Morgan fingerprint density at radius 3 is 2.67 bits per heavy atom. The molecule has 0 atom stereocenters. The zero-order chi connectivity index (χ0) is 16.4. The number of amides is 1. The molecule has 0 unspecified atom stereocenters. The topological polar surface area (TPSA) is 36.4 Å². The molecule has 0 aromatic carbocycles. The second-order valence-corrected chi connectivity index (χ2v) is 8.46. The van der Waals surface area contributed by atoms with Gasteiger partial charge < -0.3 is 4.90 Å². The quantitative estimate of drug-likeness (QED) is 0.836. The van der Waals surface area contributed by atoms with E-state index in [9.17, 15) is 4.79 Å². The molecule has 4 rings (SSSR count). The molecule has 1 amide bonds. The molecule has 128 valence electrons. The van der Waals surface area contributed by atoms with Crippen molar-refractivity contribution < 1.29 is 4.79 Å². The number of rotatable bonds is 4. The zero-order valence-electron chi connectivity index (χ0n) is 13.8. The summed E-state index contributed by atoms with van der Waals surface area (Å²) in [6.45, 7) is 3.82. The van der Waals surface area contributed by atoms with Gasteiger partial charge in [-0.3, -0.25) is 9.69 Å². The maximum Gasteiger partial charge on any atom is 0.228 e. The van der Waals surface area contributed by atoms with Gasteiger partial charge in [-0.05, 0) is 24.3 Å². The summed E-state index contributed by atoms with van der Waals surface area (Å²) in [7, 11) is 0. The molecule has 1 aliphatic heterocycles. The number of nitrogens with zero attached hydrogens (tertiary/aromatic N) is 3. The Hall–Kier alpha value is -1.24.